The average Bonchev–Trinajstić information content (AvgIpc) is 2.82. The van der Waals surface area contributed by atoms with E-state index in [2.05, 4.69) is 4.98 Å². The zero-order valence-electron chi connectivity index (χ0n) is 19.4. The molecule has 1 aromatic heterocycles. The van der Waals surface area contributed by atoms with Crippen LogP contribution in [0.25, 0.3) is 10.9 Å². The number of aromatic nitrogens is 1. The lowest BCUT2D eigenvalue weighted by Crippen LogP contribution is -2.32. The smallest absolute Gasteiger partial charge is 0.254 e. The number of nitrogens with zero attached hydrogens (tertiary/aromatic N) is 1. The molecule has 3 aromatic carbocycles. The maximum Gasteiger partial charge on any atom is 0.254 e. The Labute approximate surface area is 193 Å². The van der Waals surface area contributed by atoms with Gasteiger partial charge in [-0.2, -0.15) is 0 Å². The highest BCUT2D eigenvalue weighted by molar-refractivity contribution is 5.94. The van der Waals surface area contributed by atoms with E-state index in [1.807, 2.05) is 63.2 Å². The van der Waals surface area contributed by atoms with Gasteiger partial charge in [-0.25, -0.2) is 0 Å². The second-order valence-electron chi connectivity index (χ2n) is 8.49. The van der Waals surface area contributed by atoms with Crippen molar-refractivity contribution in [1.82, 2.24) is 9.88 Å². The van der Waals surface area contributed by atoms with Gasteiger partial charge >= 0.3 is 0 Å². The van der Waals surface area contributed by atoms with E-state index < -0.39 is 0 Å². The summed E-state index contributed by atoms with van der Waals surface area (Å²) in [6.45, 7) is 6.62. The molecule has 5 heteroatoms. The molecule has 0 aliphatic rings. The van der Waals surface area contributed by atoms with Crippen LogP contribution < -0.4 is 10.3 Å². The van der Waals surface area contributed by atoms with Gasteiger partial charge in [-0.15, -0.1) is 0 Å². The van der Waals surface area contributed by atoms with Crippen LogP contribution in [0.15, 0.2) is 71.5 Å². The summed E-state index contributed by atoms with van der Waals surface area (Å²) < 4.78 is 5.30. The molecule has 0 spiro atoms. The van der Waals surface area contributed by atoms with Crippen LogP contribution in [-0.2, 0) is 13.1 Å². The van der Waals surface area contributed by atoms with Gasteiger partial charge in [-0.3, -0.25) is 9.59 Å². The summed E-state index contributed by atoms with van der Waals surface area (Å²) in [4.78, 5) is 31.3. The number of aromatic amines is 1. The van der Waals surface area contributed by atoms with Crippen molar-refractivity contribution in [3.05, 3.63) is 110 Å². The summed E-state index contributed by atoms with van der Waals surface area (Å²) in [6, 6.07) is 21.1. The fourth-order valence-electron chi connectivity index (χ4n) is 3.99. The normalized spacial score (nSPS) is 10.9. The first-order valence-electron chi connectivity index (χ1n) is 11.0. The van der Waals surface area contributed by atoms with Crippen LogP contribution >= 0.6 is 0 Å². The van der Waals surface area contributed by atoms with Crippen LogP contribution in [0.4, 0.5) is 0 Å². The standard InChI is InChI=1S/C28H28N2O3/c1-18-8-12-21(13-9-18)16-30(28(32)22-6-5-7-24(14-22)33-4)17-23-15-25-19(2)10-11-20(3)26(25)29-27(23)31/h5-15H,16-17H2,1-4H3,(H,29,31). The molecule has 0 saturated carbocycles. The highest BCUT2D eigenvalue weighted by Gasteiger charge is 2.19. The molecule has 0 aliphatic carbocycles. The van der Waals surface area contributed by atoms with E-state index in [4.69, 9.17) is 4.74 Å². The third kappa shape index (κ3) is 4.82. The number of nitrogens with one attached hydrogen (secondary N) is 1. The van der Waals surface area contributed by atoms with E-state index in [9.17, 15) is 9.59 Å². The Morgan fingerprint density at radius 3 is 2.36 bits per heavy atom. The number of methoxy groups -OCH3 is 1. The summed E-state index contributed by atoms with van der Waals surface area (Å²) in [7, 11) is 1.58. The van der Waals surface area contributed by atoms with Gasteiger partial charge in [0.2, 0.25) is 0 Å². The molecular formula is C28H28N2O3. The Kier molecular flexibility index (Phi) is 6.31. The molecule has 33 heavy (non-hydrogen) atoms. The summed E-state index contributed by atoms with van der Waals surface area (Å²) >= 11 is 0. The molecule has 0 saturated heterocycles. The minimum absolute atomic E-state index is 0.157. The summed E-state index contributed by atoms with van der Waals surface area (Å²) in [5.74, 6) is 0.459. The Hall–Kier alpha value is -3.86. The SMILES string of the molecule is COc1cccc(C(=O)N(Cc2ccc(C)cc2)Cc2cc3c(C)ccc(C)c3[nH]c2=O)c1. The Morgan fingerprint density at radius 2 is 1.64 bits per heavy atom. The van der Waals surface area contributed by atoms with Crippen LogP contribution in [-0.4, -0.2) is 22.9 Å². The molecular weight excluding hydrogens is 412 g/mol. The lowest BCUT2D eigenvalue weighted by atomic mass is 10.0. The number of hydrogen-bond donors (Lipinski definition) is 1. The van der Waals surface area contributed by atoms with Crippen molar-refractivity contribution in [1.29, 1.82) is 0 Å². The summed E-state index contributed by atoms with van der Waals surface area (Å²) in [5, 5.41) is 0.994. The molecule has 0 radical (unpaired) electrons. The first-order chi connectivity index (χ1) is 15.9. The fraction of sp³-hybridized carbons (Fsp3) is 0.214. The summed E-state index contributed by atoms with van der Waals surface area (Å²) in [5.41, 5.74) is 5.99. The monoisotopic (exact) mass is 440 g/mol. The van der Waals surface area contributed by atoms with Crippen LogP contribution in [0, 0.1) is 20.8 Å². The van der Waals surface area contributed by atoms with Crippen molar-refractivity contribution < 1.29 is 9.53 Å². The van der Waals surface area contributed by atoms with Crippen molar-refractivity contribution in [2.24, 2.45) is 0 Å². The third-order valence-electron chi connectivity index (χ3n) is 5.98. The molecule has 0 fully saturated rings. The van der Waals surface area contributed by atoms with E-state index in [0.717, 1.165) is 33.2 Å². The Bertz CT molecular complexity index is 1370. The van der Waals surface area contributed by atoms with Crippen molar-refractivity contribution >= 4 is 16.8 Å². The van der Waals surface area contributed by atoms with Crippen LogP contribution in [0.1, 0.15) is 38.2 Å². The van der Waals surface area contributed by atoms with E-state index >= 15 is 0 Å². The highest BCUT2D eigenvalue weighted by Crippen LogP contribution is 2.22. The maximum absolute atomic E-state index is 13.5. The second kappa shape index (κ2) is 9.33. The van der Waals surface area contributed by atoms with E-state index in [0.29, 0.717) is 23.4 Å². The van der Waals surface area contributed by atoms with E-state index in [-0.39, 0.29) is 18.0 Å². The third-order valence-corrected chi connectivity index (χ3v) is 5.98. The van der Waals surface area contributed by atoms with Gasteiger partial charge in [-0.05, 0) is 61.7 Å². The quantitative estimate of drug-likeness (QED) is 0.442. The molecule has 0 unspecified atom stereocenters. The minimum atomic E-state index is -0.177. The van der Waals surface area contributed by atoms with E-state index in [1.54, 1.807) is 36.3 Å². The number of ether oxygens (including phenoxy) is 1. The lowest BCUT2D eigenvalue weighted by Gasteiger charge is -2.23. The number of carbonyl (C=O) groups excluding carboxylic acids is 1. The topological polar surface area (TPSA) is 62.4 Å². The largest absolute Gasteiger partial charge is 0.497 e. The van der Waals surface area contributed by atoms with Crippen LogP contribution in [0.5, 0.6) is 5.75 Å². The zero-order valence-corrected chi connectivity index (χ0v) is 19.4. The first kappa shape index (κ1) is 22.3. The van der Waals surface area contributed by atoms with Crippen molar-refractivity contribution in [3.63, 3.8) is 0 Å². The minimum Gasteiger partial charge on any atom is -0.497 e. The van der Waals surface area contributed by atoms with Gasteiger partial charge in [0.1, 0.15) is 5.75 Å². The number of amides is 1. The number of pyridine rings is 1. The van der Waals surface area contributed by atoms with E-state index in [1.165, 1.54) is 0 Å². The van der Waals surface area contributed by atoms with Gasteiger partial charge in [0, 0.05) is 23.1 Å². The molecule has 1 N–H and O–H groups in total. The molecule has 0 aliphatic heterocycles. The van der Waals surface area contributed by atoms with Gasteiger partial charge in [0.05, 0.1) is 19.2 Å². The fourth-order valence-corrected chi connectivity index (χ4v) is 3.99. The number of aryl methyl sites for hydroxylation is 3. The first-order valence-corrected chi connectivity index (χ1v) is 11.0. The average molecular weight is 441 g/mol. The highest BCUT2D eigenvalue weighted by atomic mass is 16.5. The molecule has 1 heterocycles. The Morgan fingerprint density at radius 1 is 0.909 bits per heavy atom. The molecule has 1 amide bonds. The molecule has 0 atom stereocenters. The second-order valence-corrected chi connectivity index (χ2v) is 8.49. The Balaban J connectivity index is 1.75. The molecule has 4 aromatic rings. The van der Waals surface area contributed by atoms with Crippen molar-refractivity contribution in [2.45, 2.75) is 33.9 Å². The maximum atomic E-state index is 13.5. The van der Waals surface area contributed by atoms with Gasteiger partial charge < -0.3 is 14.6 Å². The van der Waals surface area contributed by atoms with Crippen molar-refractivity contribution in [3.8, 4) is 5.75 Å². The zero-order chi connectivity index (χ0) is 23.5. The van der Waals surface area contributed by atoms with Crippen molar-refractivity contribution in [2.75, 3.05) is 7.11 Å². The number of carbonyl (C=O) groups is 1. The molecule has 4 rings (SSSR count). The van der Waals surface area contributed by atoms with Gasteiger partial charge in [0.15, 0.2) is 0 Å². The van der Waals surface area contributed by atoms with Gasteiger partial charge in [-0.1, -0.05) is 48.0 Å². The number of rotatable bonds is 6. The molecule has 168 valence electrons. The predicted molar refractivity (Wildman–Crippen MR) is 132 cm³/mol. The van der Waals surface area contributed by atoms with Crippen LogP contribution in [0.3, 0.4) is 0 Å². The lowest BCUT2D eigenvalue weighted by molar-refractivity contribution is 0.0729. The predicted octanol–water partition coefficient (Wildman–Crippen LogP) is 5.30. The molecule has 0 bridgehead atoms. The number of fused-ring (bicyclic) bond motifs is 1. The van der Waals surface area contributed by atoms with Crippen LogP contribution in [0.2, 0.25) is 0 Å². The summed E-state index contributed by atoms with van der Waals surface area (Å²) in [6.07, 6.45) is 0. The number of H-pyrrole nitrogens is 1. The number of benzene rings is 3. The molecule has 5 nitrogen and oxygen atoms in total. The van der Waals surface area contributed by atoms with Gasteiger partial charge in [0.25, 0.3) is 11.5 Å². The number of hydrogen-bond acceptors (Lipinski definition) is 3.